The second-order valence-electron chi connectivity index (χ2n) is 17.7. The van der Waals surface area contributed by atoms with E-state index < -0.39 is 0 Å². The molecule has 2 aliphatic rings. The van der Waals surface area contributed by atoms with Gasteiger partial charge in [0.1, 0.15) is 0 Å². The number of benzene rings is 10. The Morgan fingerprint density at radius 1 is 0.409 bits per heavy atom. The summed E-state index contributed by atoms with van der Waals surface area (Å²) >= 11 is 0. The van der Waals surface area contributed by atoms with Crippen LogP contribution in [-0.2, 0) is 0 Å². The van der Waals surface area contributed by atoms with Crippen molar-refractivity contribution in [1.82, 2.24) is 9.13 Å². The number of rotatable bonds is 6. The van der Waals surface area contributed by atoms with Gasteiger partial charge in [0.25, 0.3) is 0 Å². The van der Waals surface area contributed by atoms with Crippen molar-refractivity contribution in [3.63, 3.8) is 0 Å². The van der Waals surface area contributed by atoms with E-state index in [1.54, 1.807) is 0 Å². The SMILES string of the molecule is Cc1cc(-c2ccccc2)ccc1N1B2c3c(cc(N(c4ccccc4)c4ccccc4)cc3-n3c4ccccc4c4cccc2c43)-c2ccc3c(c21)c1ccccc1n3-c1ccccc1. The number of anilines is 5. The Hall–Kier alpha value is -8.54. The van der Waals surface area contributed by atoms with Gasteiger partial charge >= 0.3 is 6.85 Å². The van der Waals surface area contributed by atoms with E-state index in [9.17, 15) is 0 Å². The van der Waals surface area contributed by atoms with Crippen LogP contribution in [0.4, 0.5) is 28.4 Å². The van der Waals surface area contributed by atoms with Gasteiger partial charge < -0.3 is 18.8 Å². The third kappa shape index (κ3) is 5.22. The van der Waals surface area contributed by atoms with Crippen LogP contribution in [0.2, 0.25) is 0 Å². The fourth-order valence-corrected chi connectivity index (χ4v) is 11.5. The van der Waals surface area contributed by atoms with Gasteiger partial charge in [-0.2, -0.15) is 0 Å². The molecule has 10 aromatic carbocycles. The van der Waals surface area contributed by atoms with Gasteiger partial charge in [0, 0.05) is 66.9 Å². The summed E-state index contributed by atoms with van der Waals surface area (Å²) < 4.78 is 5.03. The second kappa shape index (κ2) is 14.2. The number of para-hydroxylation sites is 6. The molecule has 5 heteroatoms. The minimum Gasteiger partial charge on any atom is -0.376 e. The summed E-state index contributed by atoms with van der Waals surface area (Å²) in [5, 5.41) is 5.01. The van der Waals surface area contributed by atoms with Crippen LogP contribution in [0.15, 0.2) is 231 Å². The zero-order chi connectivity index (χ0) is 43.5. The Bertz CT molecular complexity index is 3850. The van der Waals surface area contributed by atoms with Gasteiger partial charge in [-0.15, -0.1) is 0 Å². The summed E-state index contributed by atoms with van der Waals surface area (Å²) in [5.41, 5.74) is 21.7. The summed E-state index contributed by atoms with van der Waals surface area (Å²) in [6.07, 6.45) is 0. The largest absolute Gasteiger partial charge is 0.376 e. The minimum absolute atomic E-state index is 0.148. The standard InChI is InChI=1S/C61H41BN4/c1-40-37-42(41-19-6-2-7-20-41)33-35-53(40)66-61-49(34-36-56-58(61)50-28-15-17-32-55(50)64(56)45-25-12-5-13-26-45)51-38-46(63(43-21-8-3-9-22-43)44-23-10-4-11-24-44)39-57-59(51)62(66)52-30-18-29-48-47-27-14-16-31-54(47)65(57)60(48)52/h2-39H,1H3. The monoisotopic (exact) mass is 840 g/mol. The number of nitrogens with zero attached hydrogens (tertiary/aromatic N) is 4. The topological polar surface area (TPSA) is 16.3 Å². The lowest BCUT2D eigenvalue weighted by atomic mass is 9.43. The normalized spacial score (nSPS) is 12.6. The van der Waals surface area contributed by atoms with Crippen LogP contribution < -0.4 is 20.6 Å². The first-order chi connectivity index (χ1) is 32.7. The van der Waals surface area contributed by atoms with Crippen LogP contribution in [0, 0.1) is 6.92 Å². The Labute approximate surface area is 383 Å². The fourth-order valence-electron chi connectivity index (χ4n) is 11.5. The van der Waals surface area contributed by atoms with E-state index in [1.165, 1.54) is 99.4 Å². The summed E-state index contributed by atoms with van der Waals surface area (Å²) in [4.78, 5) is 5.14. The molecule has 0 fully saturated rings. The zero-order valence-corrected chi connectivity index (χ0v) is 36.3. The lowest BCUT2D eigenvalue weighted by Crippen LogP contribution is -2.60. The molecule has 14 rings (SSSR count). The van der Waals surface area contributed by atoms with Gasteiger partial charge in [-0.3, -0.25) is 0 Å². The molecule has 0 unspecified atom stereocenters. The first kappa shape index (κ1) is 36.9. The molecule has 4 heterocycles. The predicted octanol–water partition coefficient (Wildman–Crippen LogP) is 14.6. The number of fused-ring (bicyclic) bond motifs is 11. The molecule has 0 amide bonds. The molecular formula is C61H41BN4. The minimum atomic E-state index is -0.148. The highest BCUT2D eigenvalue weighted by Gasteiger charge is 2.45. The van der Waals surface area contributed by atoms with Crippen LogP contribution in [-0.4, -0.2) is 16.0 Å². The molecular weight excluding hydrogens is 800 g/mol. The summed E-state index contributed by atoms with van der Waals surface area (Å²) in [7, 11) is 0. The smallest absolute Gasteiger partial charge is 0.333 e. The number of aromatic nitrogens is 2. The molecule has 0 saturated carbocycles. The number of hydrogen-bond donors (Lipinski definition) is 0. The fraction of sp³-hybridized carbons (Fsp3) is 0.0164. The van der Waals surface area contributed by atoms with Crippen molar-refractivity contribution < 1.29 is 0 Å². The number of hydrogen-bond acceptors (Lipinski definition) is 2. The molecule has 308 valence electrons. The van der Waals surface area contributed by atoms with Gasteiger partial charge in [0.2, 0.25) is 0 Å². The van der Waals surface area contributed by atoms with Crippen molar-refractivity contribution >= 4 is 89.8 Å². The maximum Gasteiger partial charge on any atom is 0.333 e. The molecule has 2 aliphatic heterocycles. The molecule has 0 radical (unpaired) electrons. The van der Waals surface area contributed by atoms with Crippen molar-refractivity contribution in [2.75, 3.05) is 9.71 Å². The predicted molar refractivity (Wildman–Crippen MR) is 279 cm³/mol. The summed E-state index contributed by atoms with van der Waals surface area (Å²) in [6, 6.07) is 85.0. The van der Waals surface area contributed by atoms with Crippen molar-refractivity contribution in [3.05, 3.63) is 236 Å². The maximum absolute atomic E-state index is 2.72. The molecule has 0 bridgehead atoms. The average Bonchev–Trinajstić information content (AvgIpc) is 3.91. The lowest BCUT2D eigenvalue weighted by Gasteiger charge is -2.43. The third-order valence-corrected chi connectivity index (χ3v) is 14.1. The Morgan fingerprint density at radius 2 is 1.03 bits per heavy atom. The van der Waals surface area contributed by atoms with Crippen molar-refractivity contribution in [2.45, 2.75) is 6.92 Å². The van der Waals surface area contributed by atoms with E-state index in [-0.39, 0.29) is 6.85 Å². The molecule has 12 aromatic rings. The van der Waals surface area contributed by atoms with Crippen LogP contribution in [0.25, 0.3) is 77.2 Å². The lowest BCUT2D eigenvalue weighted by molar-refractivity contribution is 1.17. The highest BCUT2D eigenvalue weighted by Crippen LogP contribution is 2.52. The Balaban J connectivity index is 1.16. The molecule has 4 nitrogen and oxygen atoms in total. The first-order valence-corrected chi connectivity index (χ1v) is 22.9. The van der Waals surface area contributed by atoms with E-state index in [0.29, 0.717) is 0 Å². The average molecular weight is 841 g/mol. The van der Waals surface area contributed by atoms with E-state index in [0.717, 1.165) is 22.7 Å². The highest BCUT2D eigenvalue weighted by molar-refractivity contribution is 6.94. The van der Waals surface area contributed by atoms with Crippen LogP contribution >= 0.6 is 0 Å². The van der Waals surface area contributed by atoms with E-state index in [2.05, 4.69) is 256 Å². The molecule has 0 N–H and O–H groups in total. The maximum atomic E-state index is 2.72. The number of aryl methyl sites for hydroxylation is 1. The Kier molecular flexibility index (Phi) is 7.96. The van der Waals surface area contributed by atoms with E-state index in [1.807, 2.05) is 0 Å². The Morgan fingerprint density at radius 3 is 1.74 bits per heavy atom. The molecule has 66 heavy (non-hydrogen) atoms. The van der Waals surface area contributed by atoms with E-state index >= 15 is 0 Å². The van der Waals surface area contributed by atoms with Gasteiger partial charge in [-0.05, 0) is 119 Å². The molecule has 0 spiro atoms. The molecule has 0 atom stereocenters. The summed E-state index contributed by atoms with van der Waals surface area (Å²) in [6.45, 7) is 2.15. The van der Waals surface area contributed by atoms with Crippen molar-refractivity contribution in [3.8, 4) is 33.6 Å². The third-order valence-electron chi connectivity index (χ3n) is 14.1. The van der Waals surface area contributed by atoms with Crippen LogP contribution in [0.5, 0.6) is 0 Å². The summed E-state index contributed by atoms with van der Waals surface area (Å²) in [5.74, 6) is 0. The van der Waals surface area contributed by atoms with Crippen molar-refractivity contribution in [2.24, 2.45) is 0 Å². The first-order valence-electron chi connectivity index (χ1n) is 22.9. The quantitative estimate of drug-likeness (QED) is 0.155. The highest BCUT2D eigenvalue weighted by atomic mass is 15.2. The van der Waals surface area contributed by atoms with Crippen LogP contribution in [0.3, 0.4) is 0 Å². The molecule has 0 aliphatic carbocycles. The molecule has 2 aromatic heterocycles. The second-order valence-corrected chi connectivity index (χ2v) is 17.7. The van der Waals surface area contributed by atoms with Gasteiger partial charge in [0.15, 0.2) is 0 Å². The van der Waals surface area contributed by atoms with Crippen molar-refractivity contribution in [1.29, 1.82) is 0 Å². The van der Waals surface area contributed by atoms with E-state index in [4.69, 9.17) is 0 Å². The van der Waals surface area contributed by atoms with Gasteiger partial charge in [-0.1, -0.05) is 152 Å². The van der Waals surface area contributed by atoms with Gasteiger partial charge in [-0.25, -0.2) is 0 Å². The zero-order valence-electron chi connectivity index (χ0n) is 36.3. The van der Waals surface area contributed by atoms with Crippen LogP contribution in [0.1, 0.15) is 5.56 Å². The van der Waals surface area contributed by atoms with Gasteiger partial charge in [0.05, 0.1) is 22.1 Å². The molecule has 0 saturated heterocycles.